The van der Waals surface area contributed by atoms with E-state index in [9.17, 15) is 18.0 Å². The summed E-state index contributed by atoms with van der Waals surface area (Å²) in [5.41, 5.74) is -0.390. The zero-order valence-corrected chi connectivity index (χ0v) is 12.3. The number of methoxy groups -OCH3 is 1. The summed E-state index contributed by atoms with van der Waals surface area (Å²) < 4.78 is 44.3. The molecule has 116 valence electrons. The molecule has 0 aliphatic carbocycles. The fraction of sp³-hybridized carbons (Fsp3) is 0.133. The minimum Gasteiger partial charge on any atom is -0.497 e. The second-order valence-corrected chi connectivity index (χ2v) is 5.28. The lowest BCUT2D eigenvalue weighted by Crippen LogP contribution is -2.15. The van der Waals surface area contributed by atoms with Gasteiger partial charge in [0.2, 0.25) is 5.91 Å². The lowest BCUT2D eigenvalue weighted by Gasteiger charge is -2.07. The number of halogens is 3. The summed E-state index contributed by atoms with van der Waals surface area (Å²) >= 11 is 1.22. The molecule has 2 aromatic carbocycles. The number of anilines is 1. The number of hydrogen-bond donors (Lipinski definition) is 1. The van der Waals surface area contributed by atoms with E-state index in [1.807, 2.05) is 0 Å². The van der Waals surface area contributed by atoms with Crippen molar-refractivity contribution >= 4 is 23.4 Å². The minimum atomic E-state index is -1.61. The van der Waals surface area contributed by atoms with E-state index in [0.717, 1.165) is 17.0 Å². The average molecular weight is 327 g/mol. The maximum absolute atomic E-state index is 13.4. The number of ether oxygens (including phenoxy) is 1. The molecular formula is C15H12F3NO2S. The topological polar surface area (TPSA) is 38.3 Å². The van der Waals surface area contributed by atoms with Gasteiger partial charge in [-0.15, -0.1) is 11.8 Å². The highest BCUT2D eigenvalue weighted by Crippen LogP contribution is 2.23. The van der Waals surface area contributed by atoms with Gasteiger partial charge in [0.05, 0.1) is 18.6 Å². The van der Waals surface area contributed by atoms with Crippen LogP contribution in [0, 0.1) is 17.5 Å². The smallest absolute Gasteiger partial charge is 0.234 e. The predicted molar refractivity (Wildman–Crippen MR) is 78.7 cm³/mol. The summed E-state index contributed by atoms with van der Waals surface area (Å²) in [5.74, 6) is -4.15. The minimum absolute atomic E-state index is 0.00473. The van der Waals surface area contributed by atoms with Crippen LogP contribution in [0.15, 0.2) is 41.3 Å². The highest BCUT2D eigenvalue weighted by Gasteiger charge is 2.15. The van der Waals surface area contributed by atoms with E-state index in [0.29, 0.717) is 5.75 Å². The Bertz CT molecular complexity index is 677. The Morgan fingerprint density at radius 2 is 1.77 bits per heavy atom. The molecular weight excluding hydrogens is 315 g/mol. The Morgan fingerprint density at radius 3 is 2.41 bits per heavy atom. The summed E-state index contributed by atoms with van der Waals surface area (Å²) in [6.07, 6.45) is 0. The number of thioether (sulfide) groups is 1. The second-order valence-electron chi connectivity index (χ2n) is 4.24. The van der Waals surface area contributed by atoms with E-state index in [1.54, 1.807) is 31.4 Å². The molecule has 1 amide bonds. The molecule has 0 aromatic heterocycles. The van der Waals surface area contributed by atoms with Crippen LogP contribution in [0.4, 0.5) is 18.9 Å². The van der Waals surface area contributed by atoms with Crippen molar-refractivity contribution in [2.24, 2.45) is 0 Å². The molecule has 1 N–H and O–H groups in total. The summed E-state index contributed by atoms with van der Waals surface area (Å²) in [7, 11) is 1.55. The number of benzene rings is 2. The lowest BCUT2D eigenvalue weighted by molar-refractivity contribution is -0.113. The first kappa shape index (κ1) is 16.2. The van der Waals surface area contributed by atoms with E-state index in [4.69, 9.17) is 4.74 Å². The van der Waals surface area contributed by atoms with Crippen molar-refractivity contribution in [3.05, 3.63) is 53.8 Å². The Morgan fingerprint density at radius 1 is 1.09 bits per heavy atom. The van der Waals surface area contributed by atoms with Crippen LogP contribution in [-0.2, 0) is 4.79 Å². The molecule has 2 rings (SSSR count). The summed E-state index contributed by atoms with van der Waals surface area (Å²) in [6.45, 7) is 0. The monoisotopic (exact) mass is 327 g/mol. The van der Waals surface area contributed by atoms with E-state index < -0.39 is 23.4 Å². The first-order chi connectivity index (χ1) is 10.5. The summed E-state index contributed by atoms with van der Waals surface area (Å²) in [6, 6.07) is 8.77. The molecule has 0 saturated carbocycles. The van der Waals surface area contributed by atoms with Gasteiger partial charge in [0, 0.05) is 4.90 Å². The van der Waals surface area contributed by atoms with E-state index in [1.165, 1.54) is 11.8 Å². The van der Waals surface area contributed by atoms with Gasteiger partial charge in [0.15, 0.2) is 17.5 Å². The second kappa shape index (κ2) is 7.22. The van der Waals surface area contributed by atoms with Crippen LogP contribution >= 0.6 is 11.8 Å². The van der Waals surface area contributed by atoms with Gasteiger partial charge in [-0.25, -0.2) is 13.2 Å². The zero-order chi connectivity index (χ0) is 16.1. The Kier molecular flexibility index (Phi) is 5.32. The van der Waals surface area contributed by atoms with Crippen LogP contribution in [0.3, 0.4) is 0 Å². The van der Waals surface area contributed by atoms with Crippen LogP contribution in [-0.4, -0.2) is 18.8 Å². The van der Waals surface area contributed by atoms with Crippen molar-refractivity contribution in [2.75, 3.05) is 18.2 Å². The molecule has 7 heteroatoms. The van der Waals surface area contributed by atoms with Gasteiger partial charge in [-0.05, 0) is 36.4 Å². The third-order valence-corrected chi connectivity index (χ3v) is 3.75. The van der Waals surface area contributed by atoms with E-state index in [2.05, 4.69) is 5.32 Å². The van der Waals surface area contributed by atoms with Crippen LogP contribution in [0.1, 0.15) is 0 Å². The highest BCUT2D eigenvalue weighted by atomic mass is 32.2. The normalized spacial score (nSPS) is 10.4. The van der Waals surface area contributed by atoms with Gasteiger partial charge >= 0.3 is 0 Å². The van der Waals surface area contributed by atoms with Crippen LogP contribution in [0.5, 0.6) is 5.75 Å². The van der Waals surface area contributed by atoms with Gasteiger partial charge < -0.3 is 10.1 Å². The molecule has 0 spiro atoms. The molecule has 0 saturated heterocycles. The van der Waals surface area contributed by atoms with Crippen LogP contribution in [0.25, 0.3) is 0 Å². The van der Waals surface area contributed by atoms with Crippen molar-refractivity contribution in [2.45, 2.75) is 4.90 Å². The molecule has 2 aromatic rings. The standard InChI is InChI=1S/C15H12F3NO2S/c1-21-9-2-4-10(5-3-9)22-8-13(20)19-12-7-6-11(16)14(17)15(12)18/h2-7H,8H2,1H3,(H,19,20). The molecule has 0 heterocycles. The fourth-order valence-corrected chi connectivity index (χ4v) is 2.33. The molecule has 0 atom stereocenters. The first-order valence-electron chi connectivity index (χ1n) is 6.21. The maximum atomic E-state index is 13.4. The van der Waals surface area contributed by atoms with Crippen molar-refractivity contribution in [1.29, 1.82) is 0 Å². The molecule has 0 fully saturated rings. The fourth-order valence-electron chi connectivity index (χ4n) is 1.63. The largest absolute Gasteiger partial charge is 0.497 e. The number of amides is 1. The van der Waals surface area contributed by atoms with Gasteiger partial charge in [-0.2, -0.15) is 0 Å². The molecule has 22 heavy (non-hydrogen) atoms. The first-order valence-corrected chi connectivity index (χ1v) is 7.20. The van der Waals surface area contributed by atoms with Gasteiger partial charge in [-0.3, -0.25) is 4.79 Å². The van der Waals surface area contributed by atoms with Crippen molar-refractivity contribution in [3.63, 3.8) is 0 Å². The van der Waals surface area contributed by atoms with Crippen LogP contribution in [0.2, 0.25) is 0 Å². The maximum Gasteiger partial charge on any atom is 0.234 e. The van der Waals surface area contributed by atoms with Crippen molar-refractivity contribution in [3.8, 4) is 5.75 Å². The number of nitrogens with one attached hydrogen (secondary N) is 1. The quantitative estimate of drug-likeness (QED) is 0.670. The zero-order valence-electron chi connectivity index (χ0n) is 11.5. The van der Waals surface area contributed by atoms with Crippen LogP contribution < -0.4 is 10.1 Å². The Hall–Kier alpha value is -2.15. The third-order valence-electron chi connectivity index (χ3n) is 2.74. The Balaban J connectivity index is 1.94. The van der Waals surface area contributed by atoms with E-state index in [-0.39, 0.29) is 11.4 Å². The van der Waals surface area contributed by atoms with Gasteiger partial charge in [0.25, 0.3) is 0 Å². The van der Waals surface area contributed by atoms with Crippen molar-refractivity contribution in [1.82, 2.24) is 0 Å². The molecule has 3 nitrogen and oxygen atoms in total. The number of carbonyl (C=O) groups is 1. The number of carbonyl (C=O) groups excluding carboxylic acids is 1. The lowest BCUT2D eigenvalue weighted by atomic mass is 10.3. The molecule has 0 unspecified atom stereocenters. The SMILES string of the molecule is COc1ccc(SCC(=O)Nc2ccc(F)c(F)c2F)cc1. The Labute approximate surface area is 129 Å². The molecule has 0 aliphatic rings. The number of rotatable bonds is 5. The average Bonchev–Trinajstić information content (AvgIpc) is 2.54. The van der Waals surface area contributed by atoms with Gasteiger partial charge in [0.1, 0.15) is 5.75 Å². The molecule has 0 radical (unpaired) electrons. The van der Waals surface area contributed by atoms with Gasteiger partial charge in [-0.1, -0.05) is 0 Å². The highest BCUT2D eigenvalue weighted by molar-refractivity contribution is 8.00. The molecule has 0 aliphatic heterocycles. The summed E-state index contributed by atoms with van der Waals surface area (Å²) in [4.78, 5) is 12.5. The van der Waals surface area contributed by atoms with E-state index >= 15 is 0 Å². The molecule has 0 bridgehead atoms. The summed E-state index contributed by atoms with van der Waals surface area (Å²) in [5, 5.41) is 2.20. The predicted octanol–water partition coefficient (Wildman–Crippen LogP) is 3.84. The number of hydrogen-bond acceptors (Lipinski definition) is 3. The third kappa shape index (κ3) is 3.94. The van der Waals surface area contributed by atoms with Crippen molar-refractivity contribution < 1.29 is 22.7 Å².